The summed E-state index contributed by atoms with van der Waals surface area (Å²) in [6.07, 6.45) is 0.731. The van der Waals surface area contributed by atoms with Crippen molar-refractivity contribution in [1.82, 2.24) is 0 Å². The molecule has 0 saturated carbocycles. The second-order valence-corrected chi connectivity index (χ2v) is 11.7. The van der Waals surface area contributed by atoms with Gasteiger partial charge in [0.25, 0.3) is 0 Å². The number of nitriles is 1. The van der Waals surface area contributed by atoms with Gasteiger partial charge in [-0.05, 0) is 42.2 Å². The lowest BCUT2D eigenvalue weighted by Gasteiger charge is -2.36. The van der Waals surface area contributed by atoms with Crippen molar-refractivity contribution < 1.29 is 9.16 Å². The predicted octanol–water partition coefficient (Wildman–Crippen LogP) is 4.71. The Bertz CT molecular complexity index is 483. The molecule has 1 aromatic carbocycles. The first kappa shape index (κ1) is 17.7. The van der Waals surface area contributed by atoms with Crippen molar-refractivity contribution in [2.75, 3.05) is 13.7 Å². The van der Waals surface area contributed by atoms with Gasteiger partial charge in [0.2, 0.25) is 0 Å². The smallest absolute Gasteiger partial charge is 0.191 e. The number of hydrogen-bond acceptors (Lipinski definition) is 3. The van der Waals surface area contributed by atoms with Crippen molar-refractivity contribution in [2.24, 2.45) is 0 Å². The van der Waals surface area contributed by atoms with E-state index < -0.39 is 8.32 Å². The average Bonchev–Trinajstić information content (AvgIpc) is 2.42. The molecule has 0 aliphatic carbocycles. The summed E-state index contributed by atoms with van der Waals surface area (Å²) in [7, 11) is -0.0869. The third-order valence-electron chi connectivity index (χ3n) is 4.35. The van der Waals surface area contributed by atoms with E-state index in [1.54, 1.807) is 7.11 Å². The Balaban J connectivity index is 2.61. The quantitative estimate of drug-likeness (QED) is 0.714. The fourth-order valence-corrected chi connectivity index (χ4v) is 2.85. The van der Waals surface area contributed by atoms with Crippen molar-refractivity contribution in [3.63, 3.8) is 0 Å². The zero-order valence-electron chi connectivity index (χ0n) is 14.1. The molecule has 116 valence electrons. The first-order valence-corrected chi connectivity index (χ1v) is 10.3. The van der Waals surface area contributed by atoms with E-state index in [-0.39, 0.29) is 11.0 Å². The molecule has 21 heavy (non-hydrogen) atoms. The fraction of sp³-hybridized carbons (Fsp3) is 0.588. The van der Waals surface area contributed by atoms with Gasteiger partial charge in [0.15, 0.2) is 8.32 Å². The SMILES string of the molecule is COc1ccc(C(C#N)CCO[Si](C)(C)C(C)(C)C)cc1. The third kappa shape index (κ3) is 4.87. The number of hydrogen-bond donors (Lipinski definition) is 0. The summed E-state index contributed by atoms with van der Waals surface area (Å²) >= 11 is 0. The van der Waals surface area contributed by atoms with E-state index in [1.807, 2.05) is 24.3 Å². The number of rotatable bonds is 6. The van der Waals surface area contributed by atoms with Crippen LogP contribution in [0.2, 0.25) is 18.1 Å². The minimum absolute atomic E-state index is 0.124. The van der Waals surface area contributed by atoms with E-state index in [1.165, 1.54) is 0 Å². The number of benzene rings is 1. The van der Waals surface area contributed by atoms with Crippen LogP contribution in [0, 0.1) is 11.3 Å². The summed E-state index contributed by atoms with van der Waals surface area (Å²) < 4.78 is 11.3. The normalized spacial score (nSPS) is 13.6. The van der Waals surface area contributed by atoms with Crippen LogP contribution in [-0.4, -0.2) is 22.0 Å². The first-order chi connectivity index (χ1) is 9.71. The Morgan fingerprint density at radius 3 is 2.19 bits per heavy atom. The Morgan fingerprint density at radius 1 is 1.19 bits per heavy atom. The lowest BCUT2D eigenvalue weighted by Crippen LogP contribution is -2.41. The highest BCUT2D eigenvalue weighted by atomic mass is 28.4. The van der Waals surface area contributed by atoms with E-state index in [4.69, 9.17) is 9.16 Å². The van der Waals surface area contributed by atoms with Gasteiger partial charge in [-0.1, -0.05) is 32.9 Å². The monoisotopic (exact) mass is 305 g/mol. The van der Waals surface area contributed by atoms with Gasteiger partial charge in [0, 0.05) is 6.61 Å². The van der Waals surface area contributed by atoms with Crippen molar-refractivity contribution in [1.29, 1.82) is 5.26 Å². The molecule has 0 heterocycles. The zero-order valence-corrected chi connectivity index (χ0v) is 15.1. The van der Waals surface area contributed by atoms with E-state index >= 15 is 0 Å². The molecule has 0 N–H and O–H groups in total. The fourth-order valence-electron chi connectivity index (χ4n) is 1.79. The molecule has 0 spiro atoms. The minimum Gasteiger partial charge on any atom is -0.497 e. The molecule has 0 saturated heterocycles. The maximum absolute atomic E-state index is 9.37. The lowest BCUT2D eigenvalue weighted by molar-refractivity contribution is 0.278. The van der Waals surface area contributed by atoms with Crippen molar-refractivity contribution in [3.05, 3.63) is 29.8 Å². The molecular formula is C17H27NO2Si. The van der Waals surface area contributed by atoms with Gasteiger partial charge in [-0.2, -0.15) is 5.26 Å². The Kier molecular flexibility index (Phi) is 6.00. The highest BCUT2D eigenvalue weighted by Crippen LogP contribution is 2.37. The summed E-state index contributed by atoms with van der Waals surface area (Å²) in [6, 6.07) is 10.1. The molecule has 4 heteroatoms. The highest BCUT2D eigenvalue weighted by molar-refractivity contribution is 6.74. The van der Waals surface area contributed by atoms with Gasteiger partial charge in [0.1, 0.15) is 5.75 Å². The number of ether oxygens (including phenoxy) is 1. The summed E-state index contributed by atoms with van der Waals surface area (Å²) in [4.78, 5) is 0. The van der Waals surface area contributed by atoms with Crippen LogP contribution < -0.4 is 4.74 Å². The van der Waals surface area contributed by atoms with Gasteiger partial charge < -0.3 is 9.16 Å². The maximum Gasteiger partial charge on any atom is 0.191 e. The van der Waals surface area contributed by atoms with Gasteiger partial charge >= 0.3 is 0 Å². The molecule has 0 aliphatic rings. The lowest BCUT2D eigenvalue weighted by atomic mass is 9.98. The predicted molar refractivity (Wildman–Crippen MR) is 89.1 cm³/mol. The second kappa shape index (κ2) is 7.10. The molecule has 1 unspecified atom stereocenters. The van der Waals surface area contributed by atoms with Crippen LogP contribution in [-0.2, 0) is 4.43 Å². The molecule has 1 aromatic rings. The van der Waals surface area contributed by atoms with Gasteiger partial charge in [-0.3, -0.25) is 0 Å². The summed E-state index contributed by atoms with van der Waals surface area (Å²) in [5, 5.41) is 9.57. The molecular weight excluding hydrogens is 278 g/mol. The molecule has 1 atom stereocenters. The molecule has 3 nitrogen and oxygen atoms in total. The van der Waals surface area contributed by atoms with Crippen molar-refractivity contribution in [3.8, 4) is 11.8 Å². The summed E-state index contributed by atoms with van der Waals surface area (Å²) in [5.41, 5.74) is 1.03. The van der Waals surface area contributed by atoms with E-state index in [0.717, 1.165) is 17.7 Å². The van der Waals surface area contributed by atoms with Crippen LogP contribution >= 0.6 is 0 Å². The Morgan fingerprint density at radius 2 is 1.76 bits per heavy atom. The number of methoxy groups -OCH3 is 1. The van der Waals surface area contributed by atoms with Crippen LogP contribution in [0.25, 0.3) is 0 Å². The van der Waals surface area contributed by atoms with Crippen LogP contribution in [0.4, 0.5) is 0 Å². The maximum atomic E-state index is 9.37. The second-order valence-electron chi connectivity index (χ2n) is 6.85. The molecule has 1 rings (SSSR count). The van der Waals surface area contributed by atoms with Crippen molar-refractivity contribution >= 4 is 8.32 Å². The third-order valence-corrected chi connectivity index (χ3v) is 8.89. The Labute approximate surface area is 130 Å². The average molecular weight is 305 g/mol. The molecule has 0 amide bonds. The Hall–Kier alpha value is -1.31. The molecule has 0 radical (unpaired) electrons. The van der Waals surface area contributed by atoms with Crippen LogP contribution in [0.15, 0.2) is 24.3 Å². The van der Waals surface area contributed by atoms with E-state index in [9.17, 15) is 5.26 Å². The molecule has 0 aromatic heterocycles. The van der Waals surface area contributed by atoms with Crippen LogP contribution in [0.5, 0.6) is 5.75 Å². The first-order valence-electron chi connectivity index (χ1n) is 7.39. The van der Waals surface area contributed by atoms with Gasteiger partial charge in [-0.15, -0.1) is 0 Å². The van der Waals surface area contributed by atoms with Gasteiger partial charge in [-0.25, -0.2) is 0 Å². The molecule has 0 bridgehead atoms. The van der Waals surface area contributed by atoms with E-state index in [0.29, 0.717) is 6.61 Å². The minimum atomic E-state index is -1.73. The summed E-state index contributed by atoms with van der Waals surface area (Å²) in [5.74, 6) is 0.689. The van der Waals surface area contributed by atoms with E-state index in [2.05, 4.69) is 39.9 Å². The summed E-state index contributed by atoms with van der Waals surface area (Å²) in [6.45, 7) is 11.8. The number of nitrogens with zero attached hydrogens (tertiary/aromatic N) is 1. The van der Waals surface area contributed by atoms with Crippen molar-refractivity contribution in [2.45, 2.75) is 51.2 Å². The van der Waals surface area contributed by atoms with Gasteiger partial charge in [0.05, 0.1) is 19.1 Å². The standard InChI is InChI=1S/C17H27NO2Si/c1-17(2,3)21(5,6)20-12-11-15(13-18)14-7-9-16(19-4)10-8-14/h7-10,15H,11-12H2,1-6H3. The topological polar surface area (TPSA) is 42.2 Å². The molecule has 0 fully saturated rings. The zero-order chi connectivity index (χ0) is 16.1. The molecule has 0 aliphatic heterocycles. The largest absolute Gasteiger partial charge is 0.497 e. The van der Waals surface area contributed by atoms with Crippen LogP contribution in [0.3, 0.4) is 0 Å². The van der Waals surface area contributed by atoms with Crippen LogP contribution in [0.1, 0.15) is 38.7 Å². The highest BCUT2D eigenvalue weighted by Gasteiger charge is 2.37.